The van der Waals surface area contributed by atoms with Crippen LogP contribution in [0.1, 0.15) is 18.9 Å². The molecular formula is C11H21N3O. The molecule has 1 rings (SSSR count). The van der Waals surface area contributed by atoms with Crippen molar-refractivity contribution in [2.45, 2.75) is 19.8 Å². The summed E-state index contributed by atoms with van der Waals surface area (Å²) in [6.45, 7) is 5.75. The highest BCUT2D eigenvalue weighted by molar-refractivity contribution is 5.03. The number of nitrogens with one attached hydrogen (secondary N) is 1. The number of aryl methyl sites for hydroxylation is 1. The van der Waals surface area contributed by atoms with Crippen LogP contribution in [0.3, 0.4) is 0 Å². The van der Waals surface area contributed by atoms with Gasteiger partial charge in [0.05, 0.1) is 19.4 Å². The predicted molar refractivity (Wildman–Crippen MR) is 60.9 cm³/mol. The maximum Gasteiger partial charge on any atom is 0.0591 e. The summed E-state index contributed by atoms with van der Waals surface area (Å²) in [5.74, 6) is 0. The Morgan fingerprint density at radius 1 is 1.40 bits per heavy atom. The van der Waals surface area contributed by atoms with Crippen molar-refractivity contribution in [2.75, 3.05) is 26.3 Å². The van der Waals surface area contributed by atoms with Crippen LogP contribution in [0.4, 0.5) is 0 Å². The van der Waals surface area contributed by atoms with Gasteiger partial charge >= 0.3 is 0 Å². The van der Waals surface area contributed by atoms with E-state index in [1.54, 1.807) is 0 Å². The molecule has 0 amide bonds. The summed E-state index contributed by atoms with van der Waals surface area (Å²) in [7, 11) is 1.93. The number of aromatic nitrogens is 2. The first-order chi connectivity index (χ1) is 7.33. The molecule has 4 nitrogen and oxygen atoms in total. The molecule has 1 N–H and O–H groups in total. The van der Waals surface area contributed by atoms with E-state index in [0.717, 1.165) is 32.7 Å². The Morgan fingerprint density at radius 2 is 2.27 bits per heavy atom. The molecule has 4 heteroatoms. The fraction of sp³-hybridized carbons (Fsp3) is 0.727. The van der Waals surface area contributed by atoms with Crippen molar-refractivity contribution in [3.05, 3.63) is 18.0 Å². The summed E-state index contributed by atoms with van der Waals surface area (Å²) in [5, 5.41) is 7.40. The Labute approximate surface area is 91.6 Å². The SMILES string of the molecule is CCCNCCOCCc1cnn(C)c1. The van der Waals surface area contributed by atoms with Crippen LogP contribution in [0.5, 0.6) is 0 Å². The van der Waals surface area contributed by atoms with Crippen LogP contribution >= 0.6 is 0 Å². The molecule has 0 aliphatic heterocycles. The molecule has 1 aromatic heterocycles. The van der Waals surface area contributed by atoms with E-state index >= 15 is 0 Å². The second-order valence-corrected chi connectivity index (χ2v) is 3.63. The molecular weight excluding hydrogens is 190 g/mol. The zero-order valence-electron chi connectivity index (χ0n) is 9.70. The number of ether oxygens (including phenoxy) is 1. The Bertz CT molecular complexity index is 260. The first kappa shape index (κ1) is 12.2. The lowest BCUT2D eigenvalue weighted by molar-refractivity contribution is 0.139. The Balaban J connectivity index is 1.93. The van der Waals surface area contributed by atoms with Gasteiger partial charge < -0.3 is 10.1 Å². The largest absolute Gasteiger partial charge is 0.380 e. The average molecular weight is 211 g/mol. The van der Waals surface area contributed by atoms with Crippen LogP contribution in [0, 0.1) is 0 Å². The quantitative estimate of drug-likeness (QED) is 0.651. The lowest BCUT2D eigenvalue weighted by Gasteiger charge is -2.04. The van der Waals surface area contributed by atoms with Crippen molar-refractivity contribution < 1.29 is 4.74 Å². The number of rotatable bonds is 8. The normalized spacial score (nSPS) is 10.8. The zero-order valence-corrected chi connectivity index (χ0v) is 9.70. The second kappa shape index (κ2) is 7.43. The fourth-order valence-corrected chi connectivity index (χ4v) is 1.34. The van der Waals surface area contributed by atoms with Gasteiger partial charge in [-0.05, 0) is 24.9 Å². The molecule has 0 aromatic carbocycles. The van der Waals surface area contributed by atoms with Gasteiger partial charge in [-0.3, -0.25) is 4.68 Å². The lowest BCUT2D eigenvalue weighted by atomic mass is 10.3. The van der Waals surface area contributed by atoms with Gasteiger partial charge in [0.15, 0.2) is 0 Å². The number of nitrogens with zero attached hydrogens (tertiary/aromatic N) is 2. The van der Waals surface area contributed by atoms with E-state index < -0.39 is 0 Å². The maximum absolute atomic E-state index is 5.49. The number of hydrogen-bond acceptors (Lipinski definition) is 3. The van der Waals surface area contributed by atoms with Gasteiger partial charge in [-0.2, -0.15) is 5.10 Å². The van der Waals surface area contributed by atoms with Gasteiger partial charge in [-0.15, -0.1) is 0 Å². The van der Waals surface area contributed by atoms with Crippen molar-refractivity contribution >= 4 is 0 Å². The lowest BCUT2D eigenvalue weighted by Crippen LogP contribution is -2.20. The molecule has 0 radical (unpaired) electrons. The third-order valence-corrected chi connectivity index (χ3v) is 2.14. The van der Waals surface area contributed by atoms with Crippen molar-refractivity contribution in [3.8, 4) is 0 Å². The Kier molecular flexibility index (Phi) is 6.04. The third-order valence-electron chi connectivity index (χ3n) is 2.14. The standard InChI is InChI=1S/C11H21N3O/c1-3-5-12-6-8-15-7-4-11-9-13-14(2)10-11/h9-10,12H,3-8H2,1-2H3. The Hall–Kier alpha value is -0.870. The predicted octanol–water partition coefficient (Wildman–Crippen LogP) is 0.979. The van der Waals surface area contributed by atoms with E-state index in [-0.39, 0.29) is 0 Å². The Morgan fingerprint density at radius 3 is 2.93 bits per heavy atom. The van der Waals surface area contributed by atoms with E-state index in [2.05, 4.69) is 17.3 Å². The molecule has 0 fully saturated rings. The zero-order chi connectivity index (χ0) is 10.9. The molecule has 1 aromatic rings. The van der Waals surface area contributed by atoms with Gasteiger partial charge in [0.2, 0.25) is 0 Å². The van der Waals surface area contributed by atoms with Gasteiger partial charge in [-0.25, -0.2) is 0 Å². The van der Waals surface area contributed by atoms with Crippen molar-refractivity contribution in [1.29, 1.82) is 0 Å². The molecule has 0 aliphatic carbocycles. The summed E-state index contributed by atoms with van der Waals surface area (Å²) in [4.78, 5) is 0. The summed E-state index contributed by atoms with van der Waals surface area (Å²) in [5.41, 5.74) is 1.24. The van der Waals surface area contributed by atoms with E-state index in [0.29, 0.717) is 0 Å². The summed E-state index contributed by atoms with van der Waals surface area (Å²) < 4.78 is 7.31. The van der Waals surface area contributed by atoms with E-state index in [1.807, 2.05) is 24.1 Å². The minimum absolute atomic E-state index is 0.777. The monoisotopic (exact) mass is 211 g/mol. The summed E-state index contributed by atoms with van der Waals surface area (Å²) in [6, 6.07) is 0. The molecule has 86 valence electrons. The van der Waals surface area contributed by atoms with Gasteiger partial charge in [0.1, 0.15) is 0 Å². The van der Waals surface area contributed by atoms with Crippen LogP contribution in [0.25, 0.3) is 0 Å². The van der Waals surface area contributed by atoms with Crippen molar-refractivity contribution in [2.24, 2.45) is 7.05 Å². The highest BCUT2D eigenvalue weighted by atomic mass is 16.5. The van der Waals surface area contributed by atoms with E-state index in [9.17, 15) is 0 Å². The van der Waals surface area contributed by atoms with Gasteiger partial charge in [0.25, 0.3) is 0 Å². The molecule has 0 unspecified atom stereocenters. The third kappa shape index (κ3) is 5.54. The maximum atomic E-state index is 5.49. The molecule has 0 saturated heterocycles. The smallest absolute Gasteiger partial charge is 0.0591 e. The van der Waals surface area contributed by atoms with Gasteiger partial charge in [0, 0.05) is 19.8 Å². The van der Waals surface area contributed by atoms with Crippen LogP contribution in [-0.2, 0) is 18.2 Å². The molecule has 0 atom stereocenters. The number of hydrogen-bond donors (Lipinski definition) is 1. The van der Waals surface area contributed by atoms with Gasteiger partial charge in [-0.1, -0.05) is 6.92 Å². The molecule has 1 heterocycles. The molecule has 0 saturated carbocycles. The first-order valence-corrected chi connectivity index (χ1v) is 5.59. The minimum Gasteiger partial charge on any atom is -0.380 e. The van der Waals surface area contributed by atoms with Crippen LogP contribution in [0.2, 0.25) is 0 Å². The molecule has 15 heavy (non-hydrogen) atoms. The summed E-state index contributed by atoms with van der Waals surface area (Å²) in [6.07, 6.45) is 6.04. The van der Waals surface area contributed by atoms with Crippen molar-refractivity contribution in [3.63, 3.8) is 0 Å². The van der Waals surface area contributed by atoms with E-state index in [4.69, 9.17) is 4.74 Å². The first-order valence-electron chi connectivity index (χ1n) is 5.59. The van der Waals surface area contributed by atoms with Crippen LogP contribution in [-0.4, -0.2) is 36.1 Å². The average Bonchev–Trinajstić information content (AvgIpc) is 2.63. The van der Waals surface area contributed by atoms with Crippen LogP contribution < -0.4 is 5.32 Å². The van der Waals surface area contributed by atoms with Crippen LogP contribution in [0.15, 0.2) is 12.4 Å². The van der Waals surface area contributed by atoms with E-state index in [1.165, 1.54) is 12.0 Å². The highest BCUT2D eigenvalue weighted by Crippen LogP contribution is 1.97. The van der Waals surface area contributed by atoms with Crippen molar-refractivity contribution in [1.82, 2.24) is 15.1 Å². The minimum atomic E-state index is 0.777. The summed E-state index contributed by atoms with van der Waals surface area (Å²) >= 11 is 0. The molecule has 0 bridgehead atoms. The fourth-order valence-electron chi connectivity index (χ4n) is 1.34. The molecule has 0 aliphatic rings. The topological polar surface area (TPSA) is 39.1 Å². The second-order valence-electron chi connectivity index (χ2n) is 3.63. The highest BCUT2D eigenvalue weighted by Gasteiger charge is 1.95. The molecule has 0 spiro atoms.